The van der Waals surface area contributed by atoms with E-state index in [2.05, 4.69) is 10.0 Å². The first-order valence-corrected chi connectivity index (χ1v) is 8.20. The molecule has 0 radical (unpaired) electrons. The summed E-state index contributed by atoms with van der Waals surface area (Å²) in [5, 5.41) is 4.77. The Bertz CT molecular complexity index is 663. The van der Waals surface area contributed by atoms with Crippen molar-refractivity contribution in [1.29, 1.82) is 0 Å². The highest BCUT2D eigenvalue weighted by Crippen LogP contribution is 2.25. The van der Waals surface area contributed by atoms with Crippen molar-refractivity contribution in [1.82, 2.24) is 5.32 Å². The summed E-state index contributed by atoms with van der Waals surface area (Å²) in [5.41, 5.74) is 1.51. The second-order valence-corrected chi connectivity index (χ2v) is 6.81. The van der Waals surface area contributed by atoms with Crippen molar-refractivity contribution in [3.05, 3.63) is 46.2 Å². The molecule has 1 aromatic heterocycles. The van der Waals surface area contributed by atoms with Gasteiger partial charge in [-0.2, -0.15) is 0 Å². The summed E-state index contributed by atoms with van der Waals surface area (Å²) < 4.78 is 27.4. The van der Waals surface area contributed by atoms with Crippen LogP contribution in [0.2, 0.25) is 0 Å². The topological polar surface area (TPSA) is 58.2 Å². The fraction of sp³-hybridized carbons (Fsp3) is 0.231. The van der Waals surface area contributed by atoms with Gasteiger partial charge in [-0.25, -0.2) is 8.42 Å². The van der Waals surface area contributed by atoms with Gasteiger partial charge in [0, 0.05) is 11.4 Å². The van der Waals surface area contributed by atoms with Crippen LogP contribution in [0.15, 0.2) is 40.6 Å². The van der Waals surface area contributed by atoms with Crippen molar-refractivity contribution in [2.45, 2.75) is 18.4 Å². The molecule has 0 unspecified atom stereocenters. The molecule has 2 rings (SSSR count). The van der Waals surface area contributed by atoms with E-state index in [-0.39, 0.29) is 0 Å². The normalized spacial score (nSPS) is 11.5. The average Bonchev–Trinajstić information content (AvgIpc) is 2.81. The lowest BCUT2D eigenvalue weighted by atomic mass is 10.2. The van der Waals surface area contributed by atoms with E-state index in [1.807, 2.05) is 25.1 Å². The zero-order valence-electron chi connectivity index (χ0n) is 10.8. The first-order chi connectivity index (χ1) is 9.04. The van der Waals surface area contributed by atoms with Gasteiger partial charge in [-0.3, -0.25) is 4.72 Å². The summed E-state index contributed by atoms with van der Waals surface area (Å²) in [7, 11) is -1.73. The van der Waals surface area contributed by atoms with Gasteiger partial charge < -0.3 is 5.32 Å². The predicted molar refractivity (Wildman–Crippen MR) is 79.1 cm³/mol. The van der Waals surface area contributed by atoms with Crippen LogP contribution in [-0.4, -0.2) is 15.5 Å². The van der Waals surface area contributed by atoms with Gasteiger partial charge in [0.1, 0.15) is 4.90 Å². The standard InChI is InChI=1S/C13H16N2O2S2/c1-10-5-3-4-6-11(10)15-19(16,17)13-7-8-18-12(13)9-14-2/h3-8,14-15H,9H2,1-2H3. The Balaban J connectivity index is 2.33. The Morgan fingerprint density at radius 1 is 1.21 bits per heavy atom. The molecule has 1 aromatic carbocycles. The quantitative estimate of drug-likeness (QED) is 0.891. The molecule has 102 valence electrons. The van der Waals surface area contributed by atoms with Crippen molar-refractivity contribution < 1.29 is 8.42 Å². The maximum absolute atomic E-state index is 12.4. The highest BCUT2D eigenvalue weighted by atomic mass is 32.2. The molecule has 4 nitrogen and oxygen atoms in total. The number of nitrogens with one attached hydrogen (secondary N) is 2. The molecule has 0 atom stereocenters. The number of sulfonamides is 1. The summed E-state index contributed by atoms with van der Waals surface area (Å²) in [4.78, 5) is 1.15. The fourth-order valence-corrected chi connectivity index (χ4v) is 4.33. The number of benzene rings is 1. The van der Waals surface area contributed by atoms with Crippen LogP contribution in [0.1, 0.15) is 10.4 Å². The van der Waals surface area contributed by atoms with Crippen LogP contribution in [0.5, 0.6) is 0 Å². The molecule has 0 saturated carbocycles. The lowest BCUT2D eigenvalue weighted by Crippen LogP contribution is -2.16. The smallest absolute Gasteiger partial charge is 0.263 e. The third-order valence-corrected chi connectivity index (χ3v) is 5.22. The molecule has 2 N–H and O–H groups in total. The van der Waals surface area contributed by atoms with E-state index < -0.39 is 10.0 Å². The molecule has 0 aliphatic heterocycles. The zero-order valence-corrected chi connectivity index (χ0v) is 12.4. The van der Waals surface area contributed by atoms with Crippen molar-refractivity contribution in [3.63, 3.8) is 0 Å². The highest BCUT2D eigenvalue weighted by Gasteiger charge is 2.19. The van der Waals surface area contributed by atoms with Crippen LogP contribution in [0.3, 0.4) is 0 Å². The summed E-state index contributed by atoms with van der Waals surface area (Å²) in [6, 6.07) is 8.96. The van der Waals surface area contributed by atoms with E-state index in [0.717, 1.165) is 10.4 Å². The Labute approximate surface area is 117 Å². The van der Waals surface area contributed by atoms with Gasteiger partial charge in [-0.15, -0.1) is 11.3 Å². The van der Waals surface area contributed by atoms with Crippen LogP contribution in [0.4, 0.5) is 5.69 Å². The molecule has 0 aliphatic carbocycles. The number of hydrogen-bond donors (Lipinski definition) is 2. The third kappa shape index (κ3) is 3.15. The summed E-state index contributed by atoms with van der Waals surface area (Å²) in [5.74, 6) is 0. The van der Waals surface area contributed by atoms with Crippen LogP contribution in [0.25, 0.3) is 0 Å². The maximum atomic E-state index is 12.4. The van der Waals surface area contributed by atoms with E-state index in [9.17, 15) is 8.42 Å². The van der Waals surface area contributed by atoms with Crippen molar-refractivity contribution >= 4 is 27.0 Å². The molecule has 0 fully saturated rings. The van der Waals surface area contributed by atoms with Gasteiger partial charge in [0.05, 0.1) is 5.69 Å². The minimum Gasteiger partial charge on any atom is -0.315 e. The Kier molecular flexibility index (Phi) is 4.24. The molecule has 0 bridgehead atoms. The number of rotatable bonds is 5. The zero-order chi connectivity index (χ0) is 13.9. The average molecular weight is 296 g/mol. The van der Waals surface area contributed by atoms with Gasteiger partial charge in [-0.05, 0) is 37.0 Å². The lowest BCUT2D eigenvalue weighted by molar-refractivity contribution is 0.600. The van der Waals surface area contributed by atoms with Crippen LogP contribution in [0, 0.1) is 6.92 Å². The molecular weight excluding hydrogens is 280 g/mol. The molecular formula is C13H16N2O2S2. The Morgan fingerprint density at radius 2 is 1.95 bits per heavy atom. The molecule has 2 aromatic rings. The highest BCUT2D eigenvalue weighted by molar-refractivity contribution is 7.93. The number of hydrogen-bond acceptors (Lipinski definition) is 4. The molecule has 19 heavy (non-hydrogen) atoms. The molecule has 0 aliphatic rings. The Hall–Kier alpha value is -1.37. The van der Waals surface area contributed by atoms with E-state index in [1.54, 1.807) is 24.6 Å². The van der Waals surface area contributed by atoms with E-state index in [4.69, 9.17) is 0 Å². The second-order valence-electron chi connectivity index (χ2n) is 4.16. The Morgan fingerprint density at radius 3 is 2.63 bits per heavy atom. The van der Waals surface area contributed by atoms with E-state index >= 15 is 0 Å². The second kappa shape index (κ2) is 5.73. The molecule has 0 spiro atoms. The summed E-state index contributed by atoms with van der Waals surface area (Å²) in [6.07, 6.45) is 0. The summed E-state index contributed by atoms with van der Waals surface area (Å²) in [6.45, 7) is 2.42. The van der Waals surface area contributed by atoms with Gasteiger partial charge in [0.15, 0.2) is 0 Å². The minimum atomic E-state index is -3.52. The summed E-state index contributed by atoms with van der Waals surface area (Å²) >= 11 is 1.43. The maximum Gasteiger partial charge on any atom is 0.263 e. The third-order valence-electron chi connectivity index (χ3n) is 2.72. The molecule has 1 heterocycles. The minimum absolute atomic E-state index is 0.343. The largest absolute Gasteiger partial charge is 0.315 e. The van der Waals surface area contributed by atoms with E-state index in [1.165, 1.54) is 11.3 Å². The SMILES string of the molecule is CNCc1sccc1S(=O)(=O)Nc1ccccc1C. The monoisotopic (exact) mass is 296 g/mol. The number of aryl methyl sites for hydroxylation is 1. The van der Waals surface area contributed by atoms with Gasteiger partial charge >= 0.3 is 0 Å². The van der Waals surface area contributed by atoms with Gasteiger partial charge in [0.25, 0.3) is 10.0 Å². The van der Waals surface area contributed by atoms with Crippen molar-refractivity contribution in [2.24, 2.45) is 0 Å². The van der Waals surface area contributed by atoms with Crippen LogP contribution < -0.4 is 10.0 Å². The molecule has 6 heteroatoms. The van der Waals surface area contributed by atoms with Crippen LogP contribution in [-0.2, 0) is 16.6 Å². The number of para-hydroxylation sites is 1. The van der Waals surface area contributed by atoms with Crippen molar-refractivity contribution in [2.75, 3.05) is 11.8 Å². The van der Waals surface area contributed by atoms with Crippen LogP contribution >= 0.6 is 11.3 Å². The fourth-order valence-electron chi connectivity index (χ4n) is 1.74. The molecule has 0 saturated heterocycles. The first-order valence-electron chi connectivity index (χ1n) is 5.84. The number of anilines is 1. The van der Waals surface area contributed by atoms with Gasteiger partial charge in [0.2, 0.25) is 0 Å². The van der Waals surface area contributed by atoms with Gasteiger partial charge in [-0.1, -0.05) is 18.2 Å². The van der Waals surface area contributed by atoms with E-state index in [0.29, 0.717) is 17.1 Å². The van der Waals surface area contributed by atoms with Crippen molar-refractivity contribution in [3.8, 4) is 0 Å². The predicted octanol–water partition coefficient (Wildman–Crippen LogP) is 2.58. The lowest BCUT2D eigenvalue weighted by Gasteiger charge is -2.10. The first kappa shape index (κ1) is 14.0. The number of thiophene rings is 1. The molecule has 0 amide bonds.